The maximum Gasteiger partial charge on any atom is 0.267 e. The first kappa shape index (κ1) is 18.4. The van der Waals surface area contributed by atoms with Crippen LogP contribution in [0.5, 0.6) is 0 Å². The number of hydrogen-bond acceptors (Lipinski definition) is 4. The molecule has 2 N–H and O–H groups in total. The third-order valence-electron chi connectivity index (χ3n) is 5.53. The molecule has 0 aromatic carbocycles. The molecule has 3 heterocycles. The molecule has 0 unspecified atom stereocenters. The number of hydrogen-bond donors (Lipinski definition) is 2. The Hall–Kier alpha value is -2.96. The molecule has 0 bridgehead atoms. The van der Waals surface area contributed by atoms with Crippen molar-refractivity contribution < 1.29 is 4.79 Å². The minimum absolute atomic E-state index is 0.0860. The lowest BCUT2D eigenvalue weighted by Gasteiger charge is -2.18. The minimum atomic E-state index is -0.290. The first-order valence-electron chi connectivity index (χ1n) is 9.81. The summed E-state index contributed by atoms with van der Waals surface area (Å²) in [7, 11) is 0. The minimum Gasteiger partial charge on any atom is -0.349 e. The number of aryl methyl sites for hydroxylation is 1. The van der Waals surface area contributed by atoms with Crippen LogP contribution in [0.1, 0.15) is 61.5 Å². The molecule has 0 spiro atoms. The first-order valence-corrected chi connectivity index (χ1v) is 9.81. The Balaban J connectivity index is 2.00. The van der Waals surface area contributed by atoms with E-state index in [9.17, 15) is 9.59 Å². The van der Waals surface area contributed by atoms with E-state index in [-0.39, 0.29) is 34.6 Å². The second-order valence-corrected chi connectivity index (χ2v) is 7.86. The second-order valence-electron chi connectivity index (χ2n) is 7.86. The van der Waals surface area contributed by atoms with E-state index < -0.39 is 0 Å². The summed E-state index contributed by atoms with van der Waals surface area (Å²) < 4.78 is 3.18. The van der Waals surface area contributed by atoms with Crippen molar-refractivity contribution >= 4 is 22.6 Å². The summed E-state index contributed by atoms with van der Waals surface area (Å²) in [6, 6.07) is 5.27. The fourth-order valence-electron chi connectivity index (χ4n) is 4.07. The number of rotatable bonds is 3. The Kier molecular flexibility index (Phi) is 4.53. The van der Waals surface area contributed by atoms with Crippen molar-refractivity contribution in [3.8, 4) is 0 Å². The smallest absolute Gasteiger partial charge is 0.267 e. The standard InChI is InChI=1S/C21H25N5O2/c1-12(2)26-17(22)15(20(27)23-14-8-4-5-9-14)11-16-19(26)24-18-13(3)7-6-10-25(18)21(16)28/h6-7,10-12,14,22H,4-5,8-9H2,1-3H3,(H,23,27). The van der Waals surface area contributed by atoms with Gasteiger partial charge < -0.3 is 9.88 Å². The number of pyridine rings is 2. The van der Waals surface area contributed by atoms with E-state index in [1.54, 1.807) is 16.8 Å². The van der Waals surface area contributed by atoms with Crippen LogP contribution in [0.2, 0.25) is 0 Å². The number of aromatic nitrogens is 3. The number of carbonyl (C=O) groups excluding carboxylic acids is 1. The molecule has 1 saturated carbocycles. The third kappa shape index (κ3) is 2.91. The van der Waals surface area contributed by atoms with Gasteiger partial charge in [-0.15, -0.1) is 0 Å². The molecule has 1 fully saturated rings. The zero-order valence-electron chi connectivity index (χ0n) is 16.5. The maximum absolute atomic E-state index is 13.2. The second kappa shape index (κ2) is 6.89. The Morgan fingerprint density at radius 1 is 1.29 bits per heavy atom. The highest BCUT2D eigenvalue weighted by Crippen LogP contribution is 2.19. The summed E-state index contributed by atoms with van der Waals surface area (Å²) in [6.45, 7) is 5.76. The zero-order valence-corrected chi connectivity index (χ0v) is 16.5. The predicted octanol–water partition coefficient (Wildman–Crippen LogP) is 2.69. The van der Waals surface area contributed by atoms with Crippen molar-refractivity contribution in [2.24, 2.45) is 0 Å². The lowest BCUT2D eigenvalue weighted by atomic mass is 10.1. The Morgan fingerprint density at radius 2 is 2.00 bits per heavy atom. The molecule has 4 rings (SSSR count). The maximum atomic E-state index is 13.2. The predicted molar refractivity (Wildman–Crippen MR) is 108 cm³/mol. The van der Waals surface area contributed by atoms with Crippen LogP contribution in [-0.4, -0.2) is 25.9 Å². The van der Waals surface area contributed by atoms with Crippen LogP contribution >= 0.6 is 0 Å². The van der Waals surface area contributed by atoms with Gasteiger partial charge in [0.2, 0.25) is 0 Å². The average molecular weight is 379 g/mol. The average Bonchev–Trinajstić information content (AvgIpc) is 3.15. The summed E-state index contributed by atoms with van der Waals surface area (Å²) in [4.78, 5) is 30.8. The summed E-state index contributed by atoms with van der Waals surface area (Å²) in [5.41, 5.74) is 1.97. The number of fused-ring (bicyclic) bond motifs is 2. The van der Waals surface area contributed by atoms with Gasteiger partial charge in [-0.3, -0.25) is 19.4 Å². The molecule has 0 atom stereocenters. The molecule has 1 aliphatic carbocycles. The van der Waals surface area contributed by atoms with E-state index in [1.165, 1.54) is 10.5 Å². The highest BCUT2D eigenvalue weighted by Gasteiger charge is 2.22. The molecule has 3 aromatic rings. The number of nitrogens with one attached hydrogen (secondary N) is 2. The third-order valence-corrected chi connectivity index (χ3v) is 5.53. The zero-order chi connectivity index (χ0) is 20.0. The molecule has 0 aliphatic heterocycles. The van der Waals surface area contributed by atoms with Crippen LogP contribution in [0, 0.1) is 12.3 Å². The molecule has 1 aliphatic rings. The molecule has 1 amide bonds. The summed E-state index contributed by atoms with van der Waals surface area (Å²) >= 11 is 0. The SMILES string of the molecule is Cc1cccn2c(=O)c3cc(C(=O)NC4CCCC4)c(=N)n(C(C)C)c3nc12. The first-order chi connectivity index (χ1) is 13.4. The lowest BCUT2D eigenvalue weighted by molar-refractivity contribution is 0.0935. The molecule has 28 heavy (non-hydrogen) atoms. The van der Waals surface area contributed by atoms with Crippen molar-refractivity contribution in [3.63, 3.8) is 0 Å². The van der Waals surface area contributed by atoms with Crippen LogP contribution in [-0.2, 0) is 0 Å². The molecule has 3 aromatic heterocycles. The summed E-state index contributed by atoms with van der Waals surface area (Å²) in [5, 5.41) is 12.0. The van der Waals surface area contributed by atoms with Crippen LogP contribution in [0.15, 0.2) is 29.2 Å². The topological polar surface area (TPSA) is 92.3 Å². The van der Waals surface area contributed by atoms with Crippen molar-refractivity contribution in [3.05, 3.63) is 51.4 Å². The number of amides is 1. The number of carbonyl (C=O) groups is 1. The van der Waals surface area contributed by atoms with Gasteiger partial charge in [0.05, 0.1) is 10.9 Å². The Labute approximate surface area is 162 Å². The van der Waals surface area contributed by atoms with Gasteiger partial charge in [0.1, 0.15) is 16.8 Å². The quantitative estimate of drug-likeness (QED) is 0.685. The highest BCUT2D eigenvalue weighted by atomic mass is 16.2. The lowest BCUT2D eigenvalue weighted by Crippen LogP contribution is -2.39. The van der Waals surface area contributed by atoms with Crippen LogP contribution in [0.25, 0.3) is 16.7 Å². The van der Waals surface area contributed by atoms with Crippen molar-refractivity contribution in [2.45, 2.75) is 58.5 Å². The summed E-state index contributed by atoms with van der Waals surface area (Å²) in [6.07, 6.45) is 5.83. The van der Waals surface area contributed by atoms with E-state index in [2.05, 4.69) is 5.32 Å². The molecule has 0 saturated heterocycles. The highest BCUT2D eigenvalue weighted by molar-refractivity contribution is 5.97. The number of nitrogens with zero attached hydrogens (tertiary/aromatic N) is 3. The Bertz CT molecular complexity index is 1200. The van der Waals surface area contributed by atoms with E-state index in [0.717, 1.165) is 31.2 Å². The van der Waals surface area contributed by atoms with Gasteiger partial charge >= 0.3 is 0 Å². The summed E-state index contributed by atoms with van der Waals surface area (Å²) in [5.74, 6) is -0.290. The van der Waals surface area contributed by atoms with Crippen LogP contribution < -0.4 is 16.4 Å². The molecule has 0 radical (unpaired) electrons. The van der Waals surface area contributed by atoms with E-state index >= 15 is 0 Å². The van der Waals surface area contributed by atoms with Gasteiger partial charge in [-0.25, -0.2) is 4.98 Å². The van der Waals surface area contributed by atoms with Gasteiger partial charge in [0.25, 0.3) is 11.5 Å². The van der Waals surface area contributed by atoms with E-state index in [1.807, 2.05) is 26.8 Å². The van der Waals surface area contributed by atoms with Gasteiger partial charge in [-0.05, 0) is 51.3 Å². The van der Waals surface area contributed by atoms with E-state index in [4.69, 9.17) is 10.4 Å². The largest absolute Gasteiger partial charge is 0.349 e. The van der Waals surface area contributed by atoms with Crippen LogP contribution in [0.4, 0.5) is 0 Å². The normalized spacial score (nSPS) is 15.0. The van der Waals surface area contributed by atoms with Gasteiger partial charge in [-0.2, -0.15) is 0 Å². The van der Waals surface area contributed by atoms with Gasteiger partial charge in [-0.1, -0.05) is 18.9 Å². The van der Waals surface area contributed by atoms with Gasteiger partial charge in [0, 0.05) is 18.3 Å². The Morgan fingerprint density at radius 3 is 2.68 bits per heavy atom. The van der Waals surface area contributed by atoms with Crippen molar-refractivity contribution in [2.75, 3.05) is 0 Å². The van der Waals surface area contributed by atoms with E-state index in [0.29, 0.717) is 16.7 Å². The molecule has 7 heteroatoms. The molecular formula is C21H25N5O2. The fourth-order valence-corrected chi connectivity index (χ4v) is 4.07. The van der Waals surface area contributed by atoms with Crippen molar-refractivity contribution in [1.29, 1.82) is 5.41 Å². The monoisotopic (exact) mass is 379 g/mol. The van der Waals surface area contributed by atoms with Crippen LogP contribution in [0.3, 0.4) is 0 Å². The molecular weight excluding hydrogens is 354 g/mol. The fraction of sp³-hybridized carbons (Fsp3) is 0.429. The molecule has 7 nitrogen and oxygen atoms in total. The van der Waals surface area contributed by atoms with Crippen molar-refractivity contribution in [1.82, 2.24) is 19.3 Å². The van der Waals surface area contributed by atoms with Gasteiger partial charge in [0.15, 0.2) is 0 Å². The molecule has 146 valence electrons.